The molecule has 0 aliphatic carbocycles. The number of hydrogen-bond donors (Lipinski definition) is 3. The van der Waals surface area contributed by atoms with Crippen molar-refractivity contribution in [3.63, 3.8) is 0 Å². The van der Waals surface area contributed by atoms with Gasteiger partial charge in [0.2, 0.25) is 23.6 Å². The van der Waals surface area contributed by atoms with Gasteiger partial charge in [0.15, 0.2) is 6.10 Å². The van der Waals surface area contributed by atoms with Crippen LogP contribution in [0, 0.1) is 29.6 Å². The van der Waals surface area contributed by atoms with Crippen molar-refractivity contribution in [2.75, 3.05) is 27.7 Å². The molecular weight excluding hydrogens is 759 g/mol. The fourth-order valence-electron chi connectivity index (χ4n) is 6.77. The lowest BCUT2D eigenvalue weighted by atomic mass is 9.90. The second-order valence-electron chi connectivity index (χ2n) is 17.4. The van der Waals surface area contributed by atoms with E-state index in [9.17, 15) is 38.7 Å². The molecule has 0 saturated carbocycles. The van der Waals surface area contributed by atoms with Crippen molar-refractivity contribution in [3.8, 4) is 0 Å². The van der Waals surface area contributed by atoms with Gasteiger partial charge >= 0.3 is 11.9 Å². The molecule has 59 heavy (non-hydrogen) atoms. The number of cyclic esters (lactones) is 2. The molecule has 1 aliphatic heterocycles. The summed E-state index contributed by atoms with van der Waals surface area (Å²) in [6, 6.07) is -4.25. The molecule has 3 N–H and O–H groups in total. The van der Waals surface area contributed by atoms with Gasteiger partial charge in [-0.15, -0.1) is 0 Å². The Morgan fingerprint density at radius 2 is 1.39 bits per heavy atom. The van der Waals surface area contributed by atoms with Crippen LogP contribution in [0.15, 0.2) is 23.3 Å². The minimum Gasteiger partial charge on any atom is -0.456 e. The molecule has 1 rings (SSSR count). The van der Waals surface area contributed by atoms with E-state index < -0.39 is 114 Å². The van der Waals surface area contributed by atoms with E-state index in [0.29, 0.717) is 18.4 Å². The Kier molecular flexibility index (Phi) is 21.5. The molecule has 2 unspecified atom stereocenters. The lowest BCUT2D eigenvalue weighted by molar-refractivity contribution is -0.160. The highest BCUT2D eigenvalue weighted by Crippen LogP contribution is 2.25. The number of esters is 2. The average molecular weight is 834 g/mol. The second kappa shape index (κ2) is 24.1. The Hall–Kier alpha value is -4.27. The lowest BCUT2D eigenvalue weighted by Gasteiger charge is -2.36. The number of rotatable bonds is 8. The monoisotopic (exact) mass is 834 g/mol. The Morgan fingerprint density at radius 3 is 1.90 bits per heavy atom. The number of carbonyl (C=O) groups is 7. The molecule has 1 heterocycles. The normalized spacial score (nSPS) is 29.3. The molecule has 0 aromatic carbocycles. The molecule has 15 heteroatoms. The van der Waals surface area contributed by atoms with Gasteiger partial charge in [0, 0.05) is 38.6 Å². The first-order valence-corrected chi connectivity index (χ1v) is 21.1. The van der Waals surface area contributed by atoms with Crippen molar-refractivity contribution in [2.45, 2.75) is 158 Å². The average Bonchev–Trinajstić information content (AvgIpc) is 3.17. The number of amides is 5. The summed E-state index contributed by atoms with van der Waals surface area (Å²) in [6.45, 7) is 22.4. The van der Waals surface area contributed by atoms with E-state index in [1.54, 1.807) is 48.5 Å². The number of nitrogens with one attached hydrogen (secondary N) is 2. The highest BCUT2D eigenvalue weighted by atomic mass is 16.6. The highest BCUT2D eigenvalue weighted by Gasteiger charge is 2.39. The van der Waals surface area contributed by atoms with Crippen LogP contribution in [0.1, 0.15) is 116 Å². The van der Waals surface area contributed by atoms with Crippen LogP contribution in [0.4, 0.5) is 0 Å². The van der Waals surface area contributed by atoms with Crippen molar-refractivity contribution < 1.29 is 48.1 Å². The van der Waals surface area contributed by atoms with E-state index in [4.69, 9.17) is 9.47 Å². The molecule has 336 valence electrons. The Labute approximate surface area is 353 Å². The van der Waals surface area contributed by atoms with Crippen LogP contribution in [0.25, 0.3) is 0 Å². The van der Waals surface area contributed by atoms with Gasteiger partial charge < -0.3 is 39.9 Å². The van der Waals surface area contributed by atoms with Crippen molar-refractivity contribution in [1.29, 1.82) is 0 Å². The van der Waals surface area contributed by atoms with Crippen LogP contribution in [0.5, 0.6) is 0 Å². The second-order valence-corrected chi connectivity index (χ2v) is 17.4. The smallest absolute Gasteiger partial charge is 0.334 e. The van der Waals surface area contributed by atoms with Gasteiger partial charge in [-0.25, -0.2) is 9.59 Å². The van der Waals surface area contributed by atoms with Crippen LogP contribution in [-0.2, 0) is 43.0 Å². The number of hydrogen-bond acceptors (Lipinski definition) is 10. The van der Waals surface area contributed by atoms with Gasteiger partial charge in [0.05, 0.1) is 12.6 Å². The molecule has 15 nitrogen and oxygen atoms in total. The van der Waals surface area contributed by atoms with Gasteiger partial charge in [0.1, 0.15) is 30.3 Å². The largest absolute Gasteiger partial charge is 0.456 e. The molecule has 0 saturated heterocycles. The maximum Gasteiger partial charge on any atom is 0.334 e. The fraction of sp³-hybridized carbons (Fsp3) is 0.750. The molecule has 0 fully saturated rings. The summed E-state index contributed by atoms with van der Waals surface area (Å²) in [5, 5.41) is 16.9. The number of carbonyl (C=O) groups excluding carboxylic acids is 7. The summed E-state index contributed by atoms with van der Waals surface area (Å²) >= 11 is 0. The minimum atomic E-state index is -1.26. The third-order valence-electron chi connectivity index (χ3n) is 11.2. The zero-order chi connectivity index (χ0) is 45.6. The van der Waals surface area contributed by atoms with Gasteiger partial charge in [-0.05, 0) is 69.8 Å². The molecule has 0 aromatic rings. The molecule has 0 aromatic heterocycles. The summed E-state index contributed by atoms with van der Waals surface area (Å²) in [5.74, 6) is -6.38. The van der Waals surface area contributed by atoms with Crippen LogP contribution in [0.2, 0.25) is 0 Å². The lowest BCUT2D eigenvalue weighted by Crippen LogP contribution is -2.59. The quantitative estimate of drug-likeness (QED) is 0.238. The molecule has 0 spiro atoms. The summed E-state index contributed by atoms with van der Waals surface area (Å²) < 4.78 is 11.8. The first-order chi connectivity index (χ1) is 27.3. The summed E-state index contributed by atoms with van der Waals surface area (Å²) in [6.07, 6.45) is 1.49. The van der Waals surface area contributed by atoms with Gasteiger partial charge in [-0.2, -0.15) is 0 Å². The number of aliphatic hydroxyl groups excluding tert-OH is 1. The molecule has 5 amide bonds. The zero-order valence-electron chi connectivity index (χ0n) is 38.6. The van der Waals surface area contributed by atoms with Crippen LogP contribution in [0.3, 0.4) is 0 Å². The minimum absolute atomic E-state index is 0.0127. The predicted molar refractivity (Wildman–Crippen MR) is 226 cm³/mol. The summed E-state index contributed by atoms with van der Waals surface area (Å²) in [7, 11) is 4.36. The topological polar surface area (TPSA) is 192 Å². The van der Waals surface area contributed by atoms with Gasteiger partial charge in [-0.1, -0.05) is 81.4 Å². The SMILES string of the molecule is CC/C=C(\C)C1OC(=O)[C@H](C)N(C)C(=O)[C@H](C(C)C)NC(=O)CN(C)C(=O)[C@@H](CC(C)C)N(C)C(=O)[C@H](C(C)C)NC(=O)C([C@@H](C)CC)OC(=O)/C(C)=C/C[C@H](O)[C@@H]1C. The van der Waals surface area contributed by atoms with Crippen molar-refractivity contribution in [3.05, 3.63) is 23.3 Å². The number of ether oxygens (including phenoxy) is 2. The van der Waals surface area contributed by atoms with Crippen LogP contribution >= 0.6 is 0 Å². The van der Waals surface area contributed by atoms with E-state index in [1.807, 2.05) is 33.8 Å². The Balaban J connectivity index is 3.87. The first kappa shape index (κ1) is 52.7. The van der Waals surface area contributed by atoms with E-state index in [1.165, 1.54) is 55.8 Å². The molecule has 0 radical (unpaired) electrons. The van der Waals surface area contributed by atoms with Crippen molar-refractivity contribution in [1.82, 2.24) is 25.3 Å². The maximum absolute atomic E-state index is 14.2. The Morgan fingerprint density at radius 1 is 0.847 bits per heavy atom. The van der Waals surface area contributed by atoms with Gasteiger partial charge in [-0.3, -0.25) is 24.0 Å². The molecule has 1 aliphatic rings. The van der Waals surface area contributed by atoms with Gasteiger partial charge in [0.25, 0.3) is 5.91 Å². The zero-order valence-corrected chi connectivity index (χ0v) is 38.6. The summed E-state index contributed by atoms with van der Waals surface area (Å²) in [5.41, 5.74) is 0.833. The van der Waals surface area contributed by atoms with Crippen LogP contribution in [-0.4, -0.2) is 131 Å². The maximum atomic E-state index is 14.2. The van der Waals surface area contributed by atoms with E-state index in [2.05, 4.69) is 10.6 Å². The molecule has 9 atom stereocenters. The van der Waals surface area contributed by atoms with E-state index in [0.717, 1.165) is 0 Å². The fourth-order valence-corrected chi connectivity index (χ4v) is 6.77. The van der Waals surface area contributed by atoms with E-state index in [-0.39, 0.29) is 24.3 Å². The first-order valence-electron chi connectivity index (χ1n) is 21.1. The van der Waals surface area contributed by atoms with Crippen LogP contribution < -0.4 is 10.6 Å². The predicted octanol–water partition coefficient (Wildman–Crippen LogP) is 4.02. The summed E-state index contributed by atoms with van der Waals surface area (Å²) in [4.78, 5) is 100. The number of likely N-dealkylation sites (N-methyl/N-ethyl adjacent to an activating group) is 3. The third-order valence-corrected chi connectivity index (χ3v) is 11.2. The van der Waals surface area contributed by atoms with Crippen molar-refractivity contribution >= 4 is 41.5 Å². The van der Waals surface area contributed by atoms with Crippen molar-refractivity contribution in [2.24, 2.45) is 29.6 Å². The number of allylic oxidation sites excluding steroid dienone is 1. The number of nitrogens with zero attached hydrogens (tertiary/aromatic N) is 3. The third kappa shape index (κ3) is 15.1. The molecular formula is C44H75N5O10. The number of aliphatic hydroxyl groups is 1. The van der Waals surface area contributed by atoms with E-state index >= 15 is 0 Å². The molecule has 0 bridgehead atoms. The standard InChI is InChI=1S/C44H75N5O10/c1-17-19-28(10)37-30(12)33(50)21-20-29(11)43(56)59-38(27(9)18-2)39(52)46-36(26(7)8)42(55)49(16)32(22-24(3)4)40(53)47(14)23-34(51)45-35(25(5)6)41(54)48(15)31(13)44(57)58-37/h19-20,24-27,30-33,35-38,50H,17-18,21-23H2,1-16H3,(H,45,51)(H,46,52)/b28-19+,29-20+/t27-,30-,31-,32+,33-,35-,36-,37?,38?/m0/s1. The highest BCUT2D eigenvalue weighted by molar-refractivity contribution is 5.96. The Bertz CT molecular complexity index is 1540.